The van der Waals surface area contributed by atoms with E-state index in [0.29, 0.717) is 70.6 Å². The topological polar surface area (TPSA) is 151 Å². The van der Waals surface area contributed by atoms with Crippen LogP contribution in [-0.2, 0) is 30.0 Å². The first-order valence-corrected chi connectivity index (χ1v) is 22.7. The van der Waals surface area contributed by atoms with Gasteiger partial charge in [0.05, 0.1) is 63.4 Å². The number of anilines is 1. The lowest BCUT2D eigenvalue weighted by Crippen LogP contribution is -2.57. The fourth-order valence-corrected chi connectivity index (χ4v) is 10.5. The van der Waals surface area contributed by atoms with Crippen molar-refractivity contribution in [2.75, 3.05) is 44.1 Å². The van der Waals surface area contributed by atoms with Crippen LogP contribution in [0.3, 0.4) is 0 Å². The predicted octanol–water partition coefficient (Wildman–Crippen LogP) is 8.25. The molecule has 61 heavy (non-hydrogen) atoms. The minimum absolute atomic E-state index is 0.0207. The molecule has 4 fully saturated rings. The highest BCUT2D eigenvalue weighted by atomic mass is 32.2. The number of halogens is 5. The smallest absolute Gasteiger partial charge is 0.417 e. The van der Waals surface area contributed by atoms with Crippen LogP contribution in [0.25, 0.3) is 42.5 Å². The number of carbonyl (C=O) groups is 1. The Morgan fingerprint density at radius 3 is 2.39 bits per heavy atom. The zero-order valence-electron chi connectivity index (χ0n) is 34.0. The summed E-state index contributed by atoms with van der Waals surface area (Å²) in [5.74, 6) is -2.95. The number of aromatic nitrogens is 5. The Labute approximate surface area is 351 Å². The quantitative estimate of drug-likeness (QED) is 0.104. The Balaban J connectivity index is 1.19. The molecule has 0 spiro atoms. The first-order chi connectivity index (χ1) is 28.6. The molecule has 4 aliphatic rings. The number of ether oxygens (including phenoxy) is 3. The average molecular weight is 894 g/mol. The molecule has 0 radical (unpaired) electrons. The monoisotopic (exact) mass is 893 g/mol. The molecule has 328 valence electrons. The molecular weight excluding hydrogens is 850 g/mol. The van der Waals surface area contributed by atoms with Gasteiger partial charge in [-0.2, -0.15) is 36.7 Å². The van der Waals surface area contributed by atoms with Gasteiger partial charge in [0.2, 0.25) is 0 Å². The van der Waals surface area contributed by atoms with Gasteiger partial charge in [-0.3, -0.25) is 14.1 Å². The fraction of sp³-hybridized carbons (Fsp3) is 0.575. The van der Waals surface area contributed by atoms with E-state index in [1.807, 2.05) is 4.90 Å². The summed E-state index contributed by atoms with van der Waals surface area (Å²) in [6.45, 7) is 6.39. The van der Waals surface area contributed by atoms with Crippen molar-refractivity contribution < 1.29 is 53.6 Å². The zero-order valence-corrected chi connectivity index (χ0v) is 35.6. The van der Waals surface area contributed by atoms with Crippen LogP contribution in [0.5, 0.6) is 6.01 Å². The van der Waals surface area contributed by atoms with Gasteiger partial charge in [-0.05, 0) is 77.5 Å². The second kappa shape index (κ2) is 14.5. The van der Waals surface area contributed by atoms with E-state index in [1.54, 1.807) is 36.4 Å². The summed E-state index contributed by atoms with van der Waals surface area (Å²) in [5.41, 5.74) is -3.20. The van der Waals surface area contributed by atoms with Gasteiger partial charge in [0, 0.05) is 48.6 Å². The van der Waals surface area contributed by atoms with Crippen molar-refractivity contribution in [1.29, 1.82) is 0 Å². The number of alkyl halides is 5. The van der Waals surface area contributed by atoms with E-state index in [-0.39, 0.29) is 40.3 Å². The van der Waals surface area contributed by atoms with E-state index < -0.39 is 70.8 Å². The van der Waals surface area contributed by atoms with Crippen LogP contribution in [0.15, 0.2) is 24.5 Å². The molecule has 14 nitrogen and oxygen atoms in total. The normalized spacial score (nSPS) is 24.3. The number of hydrogen-bond acceptors (Lipinski definition) is 13. The maximum absolute atomic E-state index is 15.2. The molecule has 21 heteroatoms. The van der Waals surface area contributed by atoms with Crippen molar-refractivity contribution >= 4 is 64.6 Å². The van der Waals surface area contributed by atoms with Gasteiger partial charge in [-0.15, -0.1) is 11.3 Å². The molecule has 1 saturated carbocycles. The lowest BCUT2D eigenvalue weighted by molar-refractivity contribution is -0.137. The molecule has 9 rings (SSSR count). The van der Waals surface area contributed by atoms with Crippen LogP contribution in [0.4, 0.5) is 32.6 Å². The molecular formula is C40H44F5N7O7S2. The SMILES string of the molecule is Cc1cc2c(cnn2C2CCCCO2)c(-c2nccc3c2sc2nc(OC[C@]4(COS(C)(=O)=O)CC4(F)F)nc(N4C[C@H]5CC[C@@H](C4)N5C(=O)OC(C)(C)C)c23)c1C(F)(F)F. The first kappa shape index (κ1) is 41.9. The highest BCUT2D eigenvalue weighted by Gasteiger charge is 2.72. The second-order valence-electron chi connectivity index (χ2n) is 17.5. The van der Waals surface area contributed by atoms with Gasteiger partial charge < -0.3 is 19.1 Å². The van der Waals surface area contributed by atoms with Gasteiger partial charge in [0.25, 0.3) is 16.0 Å². The van der Waals surface area contributed by atoms with E-state index >= 15 is 13.2 Å². The highest BCUT2D eigenvalue weighted by molar-refractivity contribution is 7.86. The summed E-state index contributed by atoms with van der Waals surface area (Å²) in [6, 6.07) is 2.32. The van der Waals surface area contributed by atoms with Crippen LogP contribution < -0.4 is 9.64 Å². The maximum atomic E-state index is 15.2. The summed E-state index contributed by atoms with van der Waals surface area (Å²) in [7, 11) is -4.05. The molecule has 1 unspecified atom stereocenters. The molecule has 1 aliphatic carbocycles. The molecule has 5 aromatic rings. The summed E-state index contributed by atoms with van der Waals surface area (Å²) in [5, 5.41) is 5.77. The number of amides is 1. The largest absolute Gasteiger partial charge is 0.462 e. The van der Waals surface area contributed by atoms with Crippen molar-refractivity contribution in [3.8, 4) is 17.3 Å². The number of fused-ring (bicyclic) bond motifs is 6. The lowest BCUT2D eigenvalue weighted by Gasteiger charge is -2.42. The van der Waals surface area contributed by atoms with Crippen LogP contribution in [0, 0.1) is 12.3 Å². The second-order valence-corrected chi connectivity index (χ2v) is 20.2. The van der Waals surface area contributed by atoms with Crippen molar-refractivity contribution in [2.24, 2.45) is 5.41 Å². The molecule has 3 saturated heterocycles. The minimum atomic E-state index is -4.78. The number of thiophene rings is 1. The van der Waals surface area contributed by atoms with Crippen LogP contribution in [0.1, 0.15) is 76.7 Å². The van der Waals surface area contributed by atoms with Gasteiger partial charge in [-0.25, -0.2) is 18.3 Å². The van der Waals surface area contributed by atoms with Gasteiger partial charge in [0.15, 0.2) is 6.23 Å². The highest BCUT2D eigenvalue weighted by Crippen LogP contribution is 2.61. The van der Waals surface area contributed by atoms with Crippen LogP contribution >= 0.6 is 11.3 Å². The standard InChI is InChI=1S/C40H44F5N7O7S2/c1-21-14-26-25(15-47-52(26)27-8-6-7-13-56-27)28(30(21)40(43,44)45)31-32-24(11-12-46-31)29-33(50-16-22-9-10-23(17-50)51(22)36(53)59-37(2,3)4)48-35(49-34(29)60-32)57-19-38(18-39(38,41)42)20-58-61(5,54)55/h11-12,14-15,22-23,27H,6-10,13,16-20H2,1-5H3/t22-,23+,27?,38-/m0/s1. The summed E-state index contributed by atoms with van der Waals surface area (Å²) in [4.78, 5) is 31.4. The number of rotatable bonds is 9. The van der Waals surface area contributed by atoms with Gasteiger partial charge in [0.1, 0.15) is 22.9 Å². The van der Waals surface area contributed by atoms with Crippen molar-refractivity contribution in [3.63, 3.8) is 0 Å². The van der Waals surface area contributed by atoms with E-state index in [0.717, 1.165) is 30.4 Å². The van der Waals surface area contributed by atoms with Gasteiger partial charge >= 0.3 is 18.3 Å². The molecule has 2 bridgehead atoms. The van der Waals surface area contributed by atoms with E-state index in [1.165, 1.54) is 25.4 Å². The third-order valence-electron chi connectivity index (χ3n) is 11.9. The van der Waals surface area contributed by atoms with Crippen LogP contribution in [0.2, 0.25) is 0 Å². The molecule has 7 heterocycles. The van der Waals surface area contributed by atoms with E-state index in [2.05, 4.69) is 15.1 Å². The molecule has 1 amide bonds. The number of carbonyl (C=O) groups excluding carboxylic acids is 1. The Hall–Kier alpha value is -4.47. The average Bonchev–Trinajstić information content (AvgIpc) is 3.52. The Morgan fingerprint density at radius 2 is 1.77 bits per heavy atom. The third kappa shape index (κ3) is 7.62. The van der Waals surface area contributed by atoms with Crippen molar-refractivity contribution in [3.05, 3.63) is 35.7 Å². The van der Waals surface area contributed by atoms with E-state index in [4.69, 9.17) is 23.4 Å². The number of aryl methyl sites for hydroxylation is 1. The fourth-order valence-electron chi connectivity index (χ4n) is 8.96. The number of hydrogen-bond donors (Lipinski definition) is 0. The summed E-state index contributed by atoms with van der Waals surface area (Å²) in [6.07, 6.45) is 1.03. The zero-order chi connectivity index (χ0) is 43.4. The molecule has 4 atom stereocenters. The van der Waals surface area contributed by atoms with Crippen molar-refractivity contribution in [1.82, 2.24) is 29.6 Å². The van der Waals surface area contributed by atoms with E-state index in [9.17, 15) is 22.0 Å². The third-order valence-corrected chi connectivity index (χ3v) is 13.5. The summed E-state index contributed by atoms with van der Waals surface area (Å²) >= 11 is 1.06. The predicted molar refractivity (Wildman–Crippen MR) is 215 cm³/mol. The molecule has 1 aromatic carbocycles. The minimum Gasteiger partial charge on any atom is -0.462 e. The summed E-state index contributed by atoms with van der Waals surface area (Å²) < 4.78 is 123. The Bertz CT molecular complexity index is 2670. The van der Waals surface area contributed by atoms with Crippen LogP contribution in [-0.4, -0.2) is 107 Å². The van der Waals surface area contributed by atoms with Crippen molar-refractivity contribution in [2.45, 2.75) is 102 Å². The molecule has 4 aromatic heterocycles. The van der Waals surface area contributed by atoms with Gasteiger partial charge in [-0.1, -0.05) is 0 Å². The number of benzene rings is 1. The first-order valence-electron chi connectivity index (χ1n) is 20.0. The Kier molecular flexibility index (Phi) is 9.98. The maximum Gasteiger partial charge on any atom is 0.417 e. The Morgan fingerprint density at radius 1 is 1.05 bits per heavy atom. The lowest BCUT2D eigenvalue weighted by atomic mass is 9.94. The molecule has 0 N–H and O–H groups in total. The number of piperazine rings is 1. The number of pyridine rings is 1. The number of nitrogens with zero attached hydrogens (tertiary/aromatic N) is 7. The molecule has 3 aliphatic heterocycles.